The van der Waals surface area contributed by atoms with Crippen LogP contribution in [-0.4, -0.2) is 0 Å². The lowest BCUT2D eigenvalue weighted by Crippen LogP contribution is -1.62. The molecule has 0 saturated heterocycles. The maximum atomic E-state index is 3.04. The zero-order valence-electron chi connectivity index (χ0n) is 7.11. The lowest BCUT2D eigenvalue weighted by Gasteiger charge is -1.83. The molecule has 0 saturated carbocycles. The first kappa shape index (κ1) is 8.79. The molecule has 0 spiro atoms. The molecule has 1 radical (unpaired) electrons. The molecule has 0 heterocycles. The van der Waals surface area contributed by atoms with Gasteiger partial charge in [0.2, 0.25) is 0 Å². The van der Waals surface area contributed by atoms with Crippen molar-refractivity contribution in [1.82, 2.24) is 0 Å². The quantitative estimate of drug-likeness (QED) is 0.473. The molecule has 0 aromatic carbocycles. The molecule has 61 valence electrons. The highest BCUT2D eigenvalue weighted by Crippen LogP contribution is 1.93. The molecule has 0 N–H and O–H groups in total. The lowest BCUT2D eigenvalue weighted by atomic mass is 10.2. The van der Waals surface area contributed by atoms with Gasteiger partial charge in [-0.2, -0.15) is 0 Å². The van der Waals surface area contributed by atoms with Crippen LogP contribution in [0.1, 0.15) is 12.8 Å². The Morgan fingerprint density at radius 3 is 2.33 bits per heavy atom. The fraction of sp³-hybridized carbons (Fsp3) is 0.167. The summed E-state index contributed by atoms with van der Waals surface area (Å²) in [5.74, 6) is 0. The molecule has 0 heteroatoms. The van der Waals surface area contributed by atoms with Crippen molar-refractivity contribution in [3.8, 4) is 0 Å². The van der Waals surface area contributed by atoms with E-state index in [1.807, 2.05) is 30.4 Å². The Labute approximate surface area is 74.3 Å². The van der Waals surface area contributed by atoms with E-state index < -0.39 is 0 Å². The van der Waals surface area contributed by atoms with Crippen molar-refractivity contribution in [2.45, 2.75) is 12.8 Å². The number of hydrogen-bond acceptors (Lipinski definition) is 0. The second-order valence-electron chi connectivity index (χ2n) is 2.49. The van der Waals surface area contributed by atoms with Crippen molar-refractivity contribution < 1.29 is 0 Å². The maximum absolute atomic E-state index is 3.04. The highest BCUT2D eigenvalue weighted by molar-refractivity contribution is 5.13. The zero-order chi connectivity index (χ0) is 8.49. The summed E-state index contributed by atoms with van der Waals surface area (Å²) >= 11 is 0. The molecular weight excluding hydrogens is 144 g/mol. The van der Waals surface area contributed by atoms with Crippen molar-refractivity contribution in [3.63, 3.8) is 0 Å². The lowest BCUT2D eigenvalue weighted by molar-refractivity contribution is 1.31. The number of rotatable bonds is 0. The molecule has 0 fully saturated rings. The fourth-order valence-corrected chi connectivity index (χ4v) is 0.876. The second kappa shape index (κ2) is 6.41. The van der Waals surface area contributed by atoms with Crippen LogP contribution in [0.2, 0.25) is 0 Å². The SMILES string of the molecule is [C]1=C\C=C\C/C=C\C/C=C/C=C/1. The molecule has 0 unspecified atom stereocenters. The molecule has 12 heavy (non-hydrogen) atoms. The van der Waals surface area contributed by atoms with E-state index in [9.17, 15) is 0 Å². The Kier molecular flexibility index (Phi) is 4.70. The molecule has 1 rings (SSSR count). The van der Waals surface area contributed by atoms with Crippen molar-refractivity contribution in [2.24, 2.45) is 0 Å². The number of allylic oxidation sites excluding steroid dienone is 10. The van der Waals surface area contributed by atoms with E-state index in [1.165, 1.54) is 0 Å². The Hall–Kier alpha value is -1.30. The molecular formula is C12H13. The third kappa shape index (κ3) is 4.51. The standard InChI is InChI=1S/C12H13/c1-2-4-6-8-10-12-11-9-7-5-3-1/h1-4,7-10,12H,5,11H2/b3-1+,4-2+,8-6?,9-7-,12-10+. The Morgan fingerprint density at radius 2 is 1.50 bits per heavy atom. The van der Waals surface area contributed by atoms with E-state index >= 15 is 0 Å². The summed E-state index contributed by atoms with van der Waals surface area (Å²) in [5, 5.41) is 0. The van der Waals surface area contributed by atoms with Gasteiger partial charge in [-0.05, 0) is 18.9 Å². The summed E-state index contributed by atoms with van der Waals surface area (Å²) in [5.41, 5.74) is 0. The van der Waals surface area contributed by atoms with E-state index in [-0.39, 0.29) is 0 Å². The summed E-state index contributed by atoms with van der Waals surface area (Å²) in [6, 6.07) is 0. The van der Waals surface area contributed by atoms with E-state index in [2.05, 4.69) is 30.4 Å². The van der Waals surface area contributed by atoms with Crippen LogP contribution < -0.4 is 0 Å². The van der Waals surface area contributed by atoms with Crippen LogP contribution >= 0.6 is 0 Å². The van der Waals surface area contributed by atoms with E-state index in [0.29, 0.717) is 0 Å². The van der Waals surface area contributed by atoms with Crippen LogP contribution in [0.5, 0.6) is 0 Å². The Balaban J connectivity index is 2.55. The van der Waals surface area contributed by atoms with Crippen LogP contribution in [0.4, 0.5) is 0 Å². The normalized spacial score (nSPS) is 30.7. The van der Waals surface area contributed by atoms with Gasteiger partial charge in [0.1, 0.15) is 0 Å². The van der Waals surface area contributed by atoms with Gasteiger partial charge >= 0.3 is 0 Å². The minimum Gasteiger partial charge on any atom is -0.0844 e. The molecule has 1 aliphatic carbocycles. The van der Waals surface area contributed by atoms with E-state index in [1.54, 1.807) is 0 Å². The van der Waals surface area contributed by atoms with Gasteiger partial charge in [-0.25, -0.2) is 0 Å². The zero-order valence-corrected chi connectivity index (χ0v) is 7.11. The number of hydrogen-bond donors (Lipinski definition) is 0. The average Bonchev–Trinajstić information content (AvgIpc) is 2.05. The van der Waals surface area contributed by atoms with Crippen molar-refractivity contribution in [2.75, 3.05) is 0 Å². The van der Waals surface area contributed by atoms with Gasteiger partial charge in [0.25, 0.3) is 0 Å². The predicted octanol–water partition coefficient (Wildman–Crippen LogP) is 3.36. The van der Waals surface area contributed by atoms with E-state index in [0.717, 1.165) is 12.8 Å². The summed E-state index contributed by atoms with van der Waals surface area (Å²) in [4.78, 5) is 0. The third-order valence-electron chi connectivity index (χ3n) is 1.48. The van der Waals surface area contributed by atoms with Crippen LogP contribution in [0.3, 0.4) is 0 Å². The molecule has 0 amide bonds. The minimum absolute atomic E-state index is 1.01. The summed E-state index contributed by atoms with van der Waals surface area (Å²) in [6.07, 6.45) is 23.5. The van der Waals surface area contributed by atoms with Gasteiger partial charge in [-0.1, -0.05) is 54.7 Å². The van der Waals surface area contributed by atoms with Crippen molar-refractivity contribution >= 4 is 0 Å². The molecule has 0 nitrogen and oxygen atoms in total. The fourth-order valence-electron chi connectivity index (χ4n) is 0.876. The highest BCUT2D eigenvalue weighted by Gasteiger charge is 1.72. The van der Waals surface area contributed by atoms with Crippen LogP contribution in [-0.2, 0) is 0 Å². The van der Waals surface area contributed by atoms with Crippen LogP contribution in [0.25, 0.3) is 0 Å². The highest BCUT2D eigenvalue weighted by atomic mass is 13.8. The Morgan fingerprint density at radius 1 is 0.750 bits per heavy atom. The second-order valence-corrected chi connectivity index (χ2v) is 2.49. The molecule has 0 aromatic heterocycles. The average molecular weight is 157 g/mol. The van der Waals surface area contributed by atoms with Crippen molar-refractivity contribution in [3.05, 3.63) is 60.8 Å². The van der Waals surface area contributed by atoms with E-state index in [4.69, 9.17) is 0 Å². The Bertz CT molecular complexity index is 211. The first-order valence-corrected chi connectivity index (χ1v) is 4.21. The first-order chi connectivity index (χ1) is 6.00. The molecule has 0 atom stereocenters. The van der Waals surface area contributed by atoms with Crippen molar-refractivity contribution in [1.29, 1.82) is 0 Å². The van der Waals surface area contributed by atoms with Gasteiger partial charge < -0.3 is 0 Å². The topological polar surface area (TPSA) is 0 Å². The summed E-state index contributed by atoms with van der Waals surface area (Å²) < 4.78 is 0. The molecule has 0 bridgehead atoms. The van der Waals surface area contributed by atoms with Gasteiger partial charge in [0.05, 0.1) is 0 Å². The third-order valence-corrected chi connectivity index (χ3v) is 1.48. The summed E-state index contributed by atoms with van der Waals surface area (Å²) in [6.45, 7) is 0. The van der Waals surface area contributed by atoms with Gasteiger partial charge in [0.15, 0.2) is 0 Å². The molecule has 1 aliphatic rings. The van der Waals surface area contributed by atoms with Gasteiger partial charge in [-0.3, -0.25) is 0 Å². The van der Waals surface area contributed by atoms with Crippen LogP contribution in [0, 0.1) is 6.08 Å². The predicted molar refractivity (Wildman–Crippen MR) is 53.6 cm³/mol. The monoisotopic (exact) mass is 157 g/mol. The van der Waals surface area contributed by atoms with Crippen LogP contribution in [0.15, 0.2) is 54.7 Å². The smallest absolute Gasteiger partial charge is 0.0166 e. The molecule has 0 aromatic rings. The largest absolute Gasteiger partial charge is 0.0844 e. The summed E-state index contributed by atoms with van der Waals surface area (Å²) in [7, 11) is 0. The minimum atomic E-state index is 1.01. The van der Waals surface area contributed by atoms with Gasteiger partial charge in [0, 0.05) is 0 Å². The van der Waals surface area contributed by atoms with Gasteiger partial charge in [-0.15, -0.1) is 0 Å². The molecule has 0 aliphatic heterocycles. The first-order valence-electron chi connectivity index (χ1n) is 4.21. The maximum Gasteiger partial charge on any atom is -0.0166 e.